The predicted molar refractivity (Wildman–Crippen MR) is 112 cm³/mol. The molecule has 0 radical (unpaired) electrons. The molecule has 3 aromatic rings. The summed E-state index contributed by atoms with van der Waals surface area (Å²) in [5.41, 5.74) is 4.36. The third kappa shape index (κ3) is 5.22. The van der Waals surface area contributed by atoms with Gasteiger partial charge in [-0.15, -0.1) is 0 Å². The molecule has 0 saturated carbocycles. The van der Waals surface area contributed by atoms with Crippen molar-refractivity contribution in [2.75, 3.05) is 6.61 Å². The summed E-state index contributed by atoms with van der Waals surface area (Å²) in [6, 6.07) is 13.7. The Morgan fingerprint density at radius 2 is 1.79 bits per heavy atom. The van der Waals surface area contributed by atoms with Gasteiger partial charge in [0.15, 0.2) is 6.61 Å². The predicted octanol–water partition coefficient (Wildman–Crippen LogP) is 4.48. The standard InChI is InChI=1S/C23H27N3O3/c1-15(2)26(22(27)14-28-20-11-8-17(4)18(5)12-20)13-21-24-23(25-29-21)19-9-6-16(3)7-10-19/h6-12,15H,13-14H2,1-5H3. The van der Waals surface area contributed by atoms with Gasteiger partial charge < -0.3 is 14.2 Å². The number of amides is 1. The Morgan fingerprint density at radius 1 is 1.07 bits per heavy atom. The molecule has 0 spiro atoms. The SMILES string of the molecule is Cc1ccc(-c2noc(CN(C(=O)COc3ccc(C)c(C)c3)C(C)C)n2)cc1. The lowest BCUT2D eigenvalue weighted by atomic mass is 10.1. The molecule has 6 nitrogen and oxygen atoms in total. The van der Waals surface area contributed by atoms with Gasteiger partial charge in [-0.3, -0.25) is 4.79 Å². The van der Waals surface area contributed by atoms with Crippen molar-refractivity contribution in [1.29, 1.82) is 0 Å². The third-order valence-corrected chi connectivity index (χ3v) is 4.87. The third-order valence-electron chi connectivity index (χ3n) is 4.87. The van der Waals surface area contributed by atoms with Crippen LogP contribution in [0.4, 0.5) is 0 Å². The van der Waals surface area contributed by atoms with Gasteiger partial charge in [0.2, 0.25) is 11.7 Å². The van der Waals surface area contributed by atoms with Crippen molar-refractivity contribution >= 4 is 5.91 Å². The lowest BCUT2D eigenvalue weighted by Gasteiger charge is -2.25. The Hall–Kier alpha value is -3.15. The number of carbonyl (C=O) groups is 1. The average molecular weight is 393 g/mol. The van der Waals surface area contributed by atoms with Crippen LogP contribution in [0.2, 0.25) is 0 Å². The molecular formula is C23H27N3O3. The number of aryl methyl sites for hydroxylation is 3. The Morgan fingerprint density at radius 3 is 2.45 bits per heavy atom. The van der Waals surface area contributed by atoms with Crippen LogP contribution in [0.1, 0.15) is 36.4 Å². The number of benzene rings is 2. The van der Waals surface area contributed by atoms with E-state index in [4.69, 9.17) is 9.26 Å². The van der Waals surface area contributed by atoms with E-state index in [-0.39, 0.29) is 25.1 Å². The maximum atomic E-state index is 12.7. The van der Waals surface area contributed by atoms with E-state index in [9.17, 15) is 4.79 Å². The molecule has 152 valence electrons. The summed E-state index contributed by atoms with van der Waals surface area (Å²) in [5, 5.41) is 4.04. The molecule has 0 bridgehead atoms. The molecule has 6 heteroatoms. The van der Waals surface area contributed by atoms with Gasteiger partial charge in [0.25, 0.3) is 5.91 Å². The van der Waals surface area contributed by atoms with Crippen molar-refractivity contribution in [2.45, 2.75) is 47.2 Å². The number of carbonyl (C=O) groups excluding carboxylic acids is 1. The molecule has 0 aliphatic heterocycles. The number of ether oxygens (including phenoxy) is 1. The minimum atomic E-state index is -0.131. The number of nitrogens with zero attached hydrogens (tertiary/aromatic N) is 3. The summed E-state index contributed by atoms with van der Waals surface area (Å²) in [7, 11) is 0. The first-order valence-corrected chi connectivity index (χ1v) is 9.72. The Bertz CT molecular complexity index is 977. The van der Waals surface area contributed by atoms with Gasteiger partial charge in [-0.1, -0.05) is 41.1 Å². The van der Waals surface area contributed by atoms with Crippen LogP contribution in [0, 0.1) is 20.8 Å². The molecule has 0 fully saturated rings. The van der Waals surface area contributed by atoms with E-state index in [1.54, 1.807) is 4.90 Å². The Kier molecular flexibility index (Phi) is 6.32. The molecule has 0 aliphatic rings. The van der Waals surface area contributed by atoms with Crippen molar-refractivity contribution in [3.63, 3.8) is 0 Å². The summed E-state index contributed by atoms with van der Waals surface area (Å²) < 4.78 is 11.1. The van der Waals surface area contributed by atoms with E-state index in [0.717, 1.165) is 16.7 Å². The molecule has 1 aromatic heterocycles. The highest BCUT2D eigenvalue weighted by molar-refractivity contribution is 5.78. The van der Waals surface area contributed by atoms with Crippen molar-refractivity contribution in [1.82, 2.24) is 15.0 Å². The zero-order valence-corrected chi connectivity index (χ0v) is 17.6. The fraction of sp³-hybridized carbons (Fsp3) is 0.348. The summed E-state index contributed by atoms with van der Waals surface area (Å²) in [5.74, 6) is 1.47. The zero-order valence-electron chi connectivity index (χ0n) is 17.6. The topological polar surface area (TPSA) is 68.5 Å². The van der Waals surface area contributed by atoms with Gasteiger partial charge in [-0.05, 0) is 57.9 Å². The summed E-state index contributed by atoms with van der Waals surface area (Å²) in [4.78, 5) is 18.9. The van der Waals surface area contributed by atoms with Crippen LogP contribution in [-0.4, -0.2) is 33.6 Å². The molecule has 1 heterocycles. The normalized spacial score (nSPS) is 11.0. The molecule has 0 aliphatic carbocycles. The molecule has 29 heavy (non-hydrogen) atoms. The van der Waals surface area contributed by atoms with E-state index in [0.29, 0.717) is 17.5 Å². The van der Waals surface area contributed by atoms with Crippen molar-refractivity contribution < 1.29 is 14.1 Å². The van der Waals surface area contributed by atoms with E-state index in [1.165, 1.54) is 5.56 Å². The maximum absolute atomic E-state index is 12.7. The van der Waals surface area contributed by atoms with E-state index in [2.05, 4.69) is 10.1 Å². The second-order valence-corrected chi connectivity index (χ2v) is 7.53. The van der Waals surface area contributed by atoms with Crippen LogP contribution >= 0.6 is 0 Å². The van der Waals surface area contributed by atoms with E-state index >= 15 is 0 Å². The highest BCUT2D eigenvalue weighted by Crippen LogP contribution is 2.19. The van der Waals surface area contributed by atoms with Crippen molar-refractivity contribution in [3.8, 4) is 17.1 Å². The van der Waals surface area contributed by atoms with Gasteiger partial charge in [-0.25, -0.2) is 0 Å². The maximum Gasteiger partial charge on any atom is 0.261 e. The molecule has 1 amide bonds. The molecule has 0 unspecified atom stereocenters. The zero-order chi connectivity index (χ0) is 21.0. The first-order valence-electron chi connectivity index (χ1n) is 9.72. The lowest BCUT2D eigenvalue weighted by molar-refractivity contribution is -0.136. The molecular weight excluding hydrogens is 366 g/mol. The molecule has 0 saturated heterocycles. The highest BCUT2D eigenvalue weighted by atomic mass is 16.5. The first-order chi connectivity index (χ1) is 13.8. The largest absolute Gasteiger partial charge is 0.484 e. The fourth-order valence-corrected chi connectivity index (χ4v) is 2.88. The lowest BCUT2D eigenvalue weighted by Crippen LogP contribution is -2.39. The highest BCUT2D eigenvalue weighted by Gasteiger charge is 2.21. The van der Waals surface area contributed by atoms with Crippen LogP contribution in [-0.2, 0) is 11.3 Å². The fourth-order valence-electron chi connectivity index (χ4n) is 2.88. The Labute approximate surface area is 171 Å². The second kappa shape index (κ2) is 8.90. The van der Waals surface area contributed by atoms with Crippen LogP contribution in [0.3, 0.4) is 0 Å². The van der Waals surface area contributed by atoms with Gasteiger partial charge >= 0.3 is 0 Å². The van der Waals surface area contributed by atoms with Gasteiger partial charge in [0, 0.05) is 11.6 Å². The minimum absolute atomic E-state index is 0.0272. The minimum Gasteiger partial charge on any atom is -0.484 e. The van der Waals surface area contributed by atoms with Crippen molar-refractivity contribution in [3.05, 3.63) is 65.0 Å². The number of aromatic nitrogens is 2. The van der Waals surface area contributed by atoms with Crippen molar-refractivity contribution in [2.24, 2.45) is 0 Å². The number of hydrogen-bond donors (Lipinski definition) is 0. The van der Waals surface area contributed by atoms with E-state index < -0.39 is 0 Å². The first kappa shape index (κ1) is 20.6. The summed E-state index contributed by atoms with van der Waals surface area (Å²) >= 11 is 0. The van der Waals surface area contributed by atoms with Crippen LogP contribution in [0.25, 0.3) is 11.4 Å². The Balaban J connectivity index is 1.65. The second-order valence-electron chi connectivity index (χ2n) is 7.53. The quantitative estimate of drug-likeness (QED) is 0.592. The summed E-state index contributed by atoms with van der Waals surface area (Å²) in [6.07, 6.45) is 0. The van der Waals surface area contributed by atoms with Crippen LogP contribution in [0.15, 0.2) is 47.0 Å². The smallest absolute Gasteiger partial charge is 0.261 e. The average Bonchev–Trinajstić information content (AvgIpc) is 3.16. The van der Waals surface area contributed by atoms with Gasteiger partial charge in [-0.2, -0.15) is 4.98 Å². The monoisotopic (exact) mass is 393 g/mol. The summed E-state index contributed by atoms with van der Waals surface area (Å²) in [6.45, 7) is 10.2. The van der Waals surface area contributed by atoms with Crippen LogP contribution < -0.4 is 4.74 Å². The molecule has 0 N–H and O–H groups in total. The number of rotatable bonds is 7. The van der Waals surface area contributed by atoms with Crippen LogP contribution in [0.5, 0.6) is 5.75 Å². The molecule has 3 rings (SSSR count). The van der Waals surface area contributed by atoms with Gasteiger partial charge in [0.1, 0.15) is 12.3 Å². The molecule has 0 atom stereocenters. The van der Waals surface area contributed by atoms with E-state index in [1.807, 2.05) is 77.1 Å². The van der Waals surface area contributed by atoms with Gasteiger partial charge in [0.05, 0.1) is 0 Å². The number of hydrogen-bond acceptors (Lipinski definition) is 5. The molecule has 2 aromatic carbocycles.